The van der Waals surface area contributed by atoms with E-state index < -0.39 is 14.4 Å². The highest BCUT2D eigenvalue weighted by molar-refractivity contribution is 6.74. The summed E-state index contributed by atoms with van der Waals surface area (Å²) in [5, 5.41) is 31.4. The Morgan fingerprint density at radius 2 is 1.82 bits per heavy atom. The fourth-order valence-electron chi connectivity index (χ4n) is 8.73. The van der Waals surface area contributed by atoms with E-state index in [1.807, 2.05) is 6.92 Å². The second kappa shape index (κ2) is 8.97. The maximum Gasteiger partial charge on any atom is 0.192 e. The zero-order chi connectivity index (χ0) is 25.3. The molecule has 4 nitrogen and oxygen atoms in total. The molecule has 0 saturated heterocycles. The SMILES string of the molecule is C[C@H](C(O)CO)[C@H]1C(O)C[C@H]2[C@@H]3CC=C4C[C@@H](O[Si](C)(C)C(C)(C)C)CCC4(C)[C@H]3CC[C@]12C. The first kappa shape index (κ1) is 26.8. The van der Waals surface area contributed by atoms with E-state index in [2.05, 4.69) is 53.8 Å². The molecule has 10 atom stereocenters. The van der Waals surface area contributed by atoms with Crippen molar-refractivity contribution < 1.29 is 19.7 Å². The number of rotatable bonds is 5. The van der Waals surface area contributed by atoms with Crippen LogP contribution in [0, 0.1) is 40.4 Å². The summed E-state index contributed by atoms with van der Waals surface area (Å²) in [6.07, 6.45) is 9.59. The molecule has 4 rings (SSSR count). The van der Waals surface area contributed by atoms with Crippen LogP contribution in [0.5, 0.6) is 0 Å². The van der Waals surface area contributed by atoms with Crippen molar-refractivity contribution in [1.82, 2.24) is 0 Å². The lowest BCUT2D eigenvalue weighted by molar-refractivity contribution is -0.0809. The van der Waals surface area contributed by atoms with Crippen LogP contribution in [0.15, 0.2) is 11.6 Å². The summed E-state index contributed by atoms with van der Waals surface area (Å²) in [5.74, 6) is 1.77. The number of hydrogen-bond acceptors (Lipinski definition) is 4. The number of hydrogen-bond donors (Lipinski definition) is 3. The predicted molar refractivity (Wildman–Crippen MR) is 141 cm³/mol. The average Bonchev–Trinajstić information content (AvgIpc) is 3.01. The van der Waals surface area contributed by atoms with Crippen molar-refractivity contribution in [3.05, 3.63) is 11.6 Å². The fraction of sp³-hybridized carbons (Fsp3) is 0.931. The lowest BCUT2D eigenvalue weighted by Crippen LogP contribution is -2.52. The van der Waals surface area contributed by atoms with Crippen LogP contribution >= 0.6 is 0 Å². The molecule has 0 bridgehead atoms. The van der Waals surface area contributed by atoms with Crippen LogP contribution in [-0.2, 0) is 4.43 Å². The van der Waals surface area contributed by atoms with Crippen molar-refractivity contribution in [1.29, 1.82) is 0 Å². The van der Waals surface area contributed by atoms with Crippen LogP contribution in [0.1, 0.15) is 86.5 Å². The molecule has 0 heterocycles. The first-order valence-corrected chi connectivity index (χ1v) is 16.9. The van der Waals surface area contributed by atoms with Crippen molar-refractivity contribution >= 4 is 8.32 Å². The highest BCUT2D eigenvalue weighted by Crippen LogP contribution is 2.67. The van der Waals surface area contributed by atoms with Crippen LogP contribution in [0.3, 0.4) is 0 Å². The zero-order valence-electron chi connectivity index (χ0n) is 23.1. The molecule has 34 heavy (non-hydrogen) atoms. The molecule has 0 aromatic carbocycles. The Hall–Kier alpha value is -0.203. The summed E-state index contributed by atoms with van der Waals surface area (Å²) in [7, 11) is -1.77. The topological polar surface area (TPSA) is 69.9 Å². The average molecular weight is 493 g/mol. The summed E-state index contributed by atoms with van der Waals surface area (Å²) in [6.45, 7) is 18.5. The standard InChI is InChI=1S/C29H52O4Si/c1-18(25(32)17-30)26-24(31)16-23-21-10-9-19-15-20(33-34(7,8)27(2,3)4)11-13-28(19,5)22(21)12-14-29(23,26)6/h9,18,20-26,30-32H,10-17H2,1-8H3/t18-,20+,21-,22+,23+,24?,25?,26+,28?,29+/m1/s1. The minimum Gasteiger partial charge on any atom is -0.414 e. The van der Waals surface area contributed by atoms with Crippen LogP contribution in [0.2, 0.25) is 18.1 Å². The van der Waals surface area contributed by atoms with E-state index in [0.717, 1.165) is 32.1 Å². The molecule has 0 aromatic heterocycles. The minimum atomic E-state index is -1.77. The van der Waals surface area contributed by atoms with Crippen LogP contribution in [0.25, 0.3) is 0 Å². The maximum atomic E-state index is 11.2. The van der Waals surface area contributed by atoms with Gasteiger partial charge in [0, 0.05) is 6.10 Å². The quantitative estimate of drug-likeness (QED) is 0.329. The molecule has 3 unspecified atom stereocenters. The molecular weight excluding hydrogens is 440 g/mol. The van der Waals surface area contributed by atoms with Crippen molar-refractivity contribution in [2.45, 2.75) is 123 Å². The largest absolute Gasteiger partial charge is 0.414 e. The molecule has 0 radical (unpaired) electrons. The molecule has 0 amide bonds. The Labute approximate surface area is 209 Å². The third-order valence-corrected chi connectivity index (χ3v) is 16.3. The Morgan fingerprint density at radius 3 is 2.44 bits per heavy atom. The van der Waals surface area contributed by atoms with Gasteiger partial charge in [0.05, 0.1) is 18.8 Å². The van der Waals surface area contributed by atoms with E-state index in [9.17, 15) is 15.3 Å². The van der Waals surface area contributed by atoms with Gasteiger partial charge in [-0.05, 0) is 103 Å². The summed E-state index contributed by atoms with van der Waals surface area (Å²) in [6, 6.07) is 0. The highest BCUT2D eigenvalue weighted by Gasteiger charge is 2.62. The van der Waals surface area contributed by atoms with Gasteiger partial charge in [0.2, 0.25) is 0 Å². The molecule has 0 aliphatic heterocycles. The van der Waals surface area contributed by atoms with E-state index in [1.54, 1.807) is 5.57 Å². The number of fused-ring (bicyclic) bond motifs is 5. The van der Waals surface area contributed by atoms with Gasteiger partial charge in [-0.15, -0.1) is 0 Å². The van der Waals surface area contributed by atoms with E-state index in [0.29, 0.717) is 23.9 Å². The third-order valence-electron chi connectivity index (χ3n) is 11.8. The summed E-state index contributed by atoms with van der Waals surface area (Å²) >= 11 is 0. The van der Waals surface area contributed by atoms with E-state index in [1.165, 1.54) is 12.8 Å². The van der Waals surface area contributed by atoms with Crippen molar-refractivity contribution in [2.75, 3.05) is 6.61 Å². The van der Waals surface area contributed by atoms with Gasteiger partial charge in [-0.3, -0.25) is 0 Å². The van der Waals surface area contributed by atoms with Gasteiger partial charge in [0.15, 0.2) is 8.32 Å². The van der Waals surface area contributed by atoms with Gasteiger partial charge in [-0.2, -0.15) is 0 Å². The van der Waals surface area contributed by atoms with Crippen molar-refractivity contribution in [3.8, 4) is 0 Å². The molecule has 196 valence electrons. The monoisotopic (exact) mass is 492 g/mol. The smallest absolute Gasteiger partial charge is 0.192 e. The number of aliphatic hydroxyl groups excluding tert-OH is 3. The van der Waals surface area contributed by atoms with Gasteiger partial charge in [0.1, 0.15) is 0 Å². The molecule has 0 spiro atoms. The Kier molecular flexibility index (Phi) is 7.08. The van der Waals surface area contributed by atoms with Gasteiger partial charge in [-0.1, -0.05) is 53.2 Å². The lowest BCUT2D eigenvalue weighted by Gasteiger charge is -2.59. The Bertz CT molecular complexity index is 787. The van der Waals surface area contributed by atoms with Crippen LogP contribution in [-0.4, -0.2) is 48.6 Å². The summed E-state index contributed by atoms with van der Waals surface area (Å²) < 4.78 is 6.87. The zero-order valence-corrected chi connectivity index (χ0v) is 24.1. The van der Waals surface area contributed by atoms with E-state index in [4.69, 9.17) is 4.43 Å². The second-order valence-corrected chi connectivity index (χ2v) is 19.2. The Balaban J connectivity index is 1.54. The minimum absolute atomic E-state index is 0.0422. The molecule has 3 N–H and O–H groups in total. The van der Waals surface area contributed by atoms with E-state index in [-0.39, 0.29) is 40.4 Å². The molecule has 4 aliphatic rings. The normalized spacial score (nSPS) is 44.5. The van der Waals surface area contributed by atoms with Gasteiger partial charge < -0.3 is 19.7 Å². The molecule has 0 aromatic rings. The number of allylic oxidation sites excluding steroid dienone is 1. The van der Waals surface area contributed by atoms with Crippen LogP contribution in [0.4, 0.5) is 0 Å². The highest BCUT2D eigenvalue weighted by atomic mass is 28.4. The van der Waals surface area contributed by atoms with Gasteiger partial charge in [0.25, 0.3) is 0 Å². The fourth-order valence-corrected chi connectivity index (χ4v) is 10.1. The van der Waals surface area contributed by atoms with Crippen molar-refractivity contribution in [2.24, 2.45) is 40.4 Å². The summed E-state index contributed by atoms with van der Waals surface area (Å²) in [4.78, 5) is 0. The molecule has 4 aliphatic carbocycles. The molecule has 5 heteroatoms. The summed E-state index contributed by atoms with van der Waals surface area (Å²) in [5.41, 5.74) is 1.95. The third kappa shape index (κ3) is 4.19. The van der Waals surface area contributed by atoms with E-state index >= 15 is 0 Å². The lowest BCUT2D eigenvalue weighted by atomic mass is 9.47. The molecule has 3 fully saturated rings. The van der Waals surface area contributed by atoms with Gasteiger partial charge >= 0.3 is 0 Å². The van der Waals surface area contributed by atoms with Crippen LogP contribution < -0.4 is 0 Å². The van der Waals surface area contributed by atoms with Crippen molar-refractivity contribution in [3.63, 3.8) is 0 Å². The Morgan fingerprint density at radius 1 is 1.15 bits per heavy atom. The number of aliphatic hydroxyl groups is 3. The first-order chi connectivity index (χ1) is 15.7. The second-order valence-electron chi connectivity index (χ2n) is 14.5. The predicted octanol–water partition coefficient (Wildman–Crippen LogP) is 5.92. The maximum absolute atomic E-state index is 11.2. The first-order valence-electron chi connectivity index (χ1n) is 14.0. The van der Waals surface area contributed by atoms with Gasteiger partial charge in [-0.25, -0.2) is 0 Å². The molecule has 3 saturated carbocycles. The molecular formula is C29H52O4Si.